The van der Waals surface area contributed by atoms with Gasteiger partial charge >= 0.3 is 0 Å². The number of hydrogen-bond acceptors (Lipinski definition) is 4. The molecule has 0 atom stereocenters. The number of anilines is 1. The van der Waals surface area contributed by atoms with Crippen molar-refractivity contribution in [1.29, 1.82) is 0 Å². The SMILES string of the molecule is Cc1ccc(-n2c(SCC(=O)Nc3ccccc3C(C)(C)C)nc3ccccc3c2=O)cc1C. The molecule has 1 amide bonds. The number of para-hydroxylation sites is 2. The fraction of sp³-hybridized carbons (Fsp3) is 0.250. The summed E-state index contributed by atoms with van der Waals surface area (Å²) in [5.41, 5.74) is 5.24. The third-order valence-electron chi connectivity index (χ3n) is 5.84. The second-order valence-corrected chi connectivity index (χ2v) is 10.4. The van der Waals surface area contributed by atoms with Crippen LogP contribution in [0.2, 0.25) is 0 Å². The number of amides is 1. The zero-order chi connectivity index (χ0) is 24.5. The van der Waals surface area contributed by atoms with Crippen LogP contribution in [0.3, 0.4) is 0 Å². The molecule has 0 saturated heterocycles. The van der Waals surface area contributed by atoms with Crippen molar-refractivity contribution in [2.75, 3.05) is 11.1 Å². The van der Waals surface area contributed by atoms with Gasteiger partial charge in [-0.05, 0) is 66.3 Å². The van der Waals surface area contributed by atoms with E-state index in [2.05, 4.69) is 26.1 Å². The molecule has 1 aromatic heterocycles. The Morgan fingerprint density at radius 1 is 0.971 bits per heavy atom. The van der Waals surface area contributed by atoms with Gasteiger partial charge in [0.2, 0.25) is 5.91 Å². The zero-order valence-electron chi connectivity index (χ0n) is 20.2. The van der Waals surface area contributed by atoms with E-state index in [-0.39, 0.29) is 22.6 Å². The topological polar surface area (TPSA) is 64.0 Å². The lowest BCUT2D eigenvalue weighted by Gasteiger charge is -2.23. The van der Waals surface area contributed by atoms with Crippen molar-refractivity contribution in [3.8, 4) is 5.69 Å². The van der Waals surface area contributed by atoms with E-state index >= 15 is 0 Å². The molecule has 34 heavy (non-hydrogen) atoms. The van der Waals surface area contributed by atoms with Gasteiger partial charge in [-0.2, -0.15) is 0 Å². The van der Waals surface area contributed by atoms with Crippen molar-refractivity contribution >= 4 is 34.3 Å². The second-order valence-electron chi connectivity index (χ2n) is 9.45. The largest absolute Gasteiger partial charge is 0.325 e. The van der Waals surface area contributed by atoms with Gasteiger partial charge in [0.15, 0.2) is 5.16 Å². The Bertz CT molecular complexity index is 1430. The fourth-order valence-electron chi connectivity index (χ4n) is 3.86. The monoisotopic (exact) mass is 471 g/mol. The van der Waals surface area contributed by atoms with Crippen LogP contribution in [0, 0.1) is 13.8 Å². The van der Waals surface area contributed by atoms with Crippen LogP contribution in [0.4, 0.5) is 5.69 Å². The van der Waals surface area contributed by atoms with Crippen molar-refractivity contribution in [3.05, 3.63) is 93.8 Å². The number of hydrogen-bond donors (Lipinski definition) is 1. The Morgan fingerprint density at radius 3 is 2.41 bits per heavy atom. The van der Waals surface area contributed by atoms with Gasteiger partial charge in [0.05, 0.1) is 22.3 Å². The number of fused-ring (bicyclic) bond motifs is 1. The number of carbonyl (C=O) groups excluding carboxylic acids is 1. The predicted molar refractivity (Wildman–Crippen MR) is 141 cm³/mol. The molecule has 0 fully saturated rings. The minimum Gasteiger partial charge on any atom is -0.325 e. The van der Waals surface area contributed by atoms with Gasteiger partial charge in [0.25, 0.3) is 5.56 Å². The number of rotatable bonds is 5. The normalized spacial score (nSPS) is 11.6. The maximum Gasteiger partial charge on any atom is 0.266 e. The highest BCUT2D eigenvalue weighted by Gasteiger charge is 2.19. The molecule has 0 radical (unpaired) electrons. The summed E-state index contributed by atoms with van der Waals surface area (Å²) < 4.78 is 1.61. The van der Waals surface area contributed by atoms with E-state index < -0.39 is 0 Å². The van der Waals surface area contributed by atoms with Crippen molar-refractivity contribution in [2.24, 2.45) is 0 Å². The van der Waals surface area contributed by atoms with E-state index in [1.807, 2.05) is 74.5 Å². The maximum absolute atomic E-state index is 13.4. The molecule has 0 unspecified atom stereocenters. The molecular formula is C28H29N3O2S. The Balaban J connectivity index is 1.68. The molecule has 3 aromatic carbocycles. The van der Waals surface area contributed by atoms with E-state index in [0.717, 1.165) is 28.1 Å². The minimum atomic E-state index is -0.144. The Hall–Kier alpha value is -3.38. The number of aromatic nitrogens is 2. The van der Waals surface area contributed by atoms with Gasteiger partial charge in [-0.25, -0.2) is 4.98 Å². The molecule has 174 valence electrons. The summed E-state index contributed by atoms with van der Waals surface area (Å²) in [5, 5.41) is 4.08. The number of carbonyl (C=O) groups is 1. The number of nitrogens with zero attached hydrogens (tertiary/aromatic N) is 2. The minimum absolute atomic E-state index is 0.0965. The van der Waals surface area contributed by atoms with E-state index in [0.29, 0.717) is 16.1 Å². The van der Waals surface area contributed by atoms with Crippen molar-refractivity contribution in [2.45, 2.75) is 45.2 Å². The molecule has 4 rings (SSSR count). The molecule has 1 heterocycles. The van der Waals surface area contributed by atoms with Gasteiger partial charge in [-0.15, -0.1) is 0 Å². The standard InChI is InChI=1S/C28H29N3O2S/c1-18-14-15-20(16-19(18)2)31-26(33)21-10-6-8-12-23(21)30-27(31)34-17-25(32)29-24-13-9-7-11-22(24)28(3,4)5/h6-16H,17H2,1-5H3,(H,29,32). The van der Waals surface area contributed by atoms with Gasteiger partial charge in [-0.1, -0.05) is 68.9 Å². The van der Waals surface area contributed by atoms with Crippen LogP contribution in [0.1, 0.15) is 37.5 Å². The summed E-state index contributed by atoms with van der Waals surface area (Å²) >= 11 is 1.26. The quantitative estimate of drug-likeness (QED) is 0.285. The second kappa shape index (κ2) is 9.47. The fourth-order valence-corrected chi connectivity index (χ4v) is 4.68. The van der Waals surface area contributed by atoms with Crippen LogP contribution in [-0.2, 0) is 10.2 Å². The molecular weight excluding hydrogens is 442 g/mol. The molecule has 0 aliphatic rings. The number of aryl methyl sites for hydroxylation is 2. The molecule has 0 spiro atoms. The van der Waals surface area contributed by atoms with Crippen molar-refractivity contribution < 1.29 is 4.79 Å². The summed E-state index contributed by atoms with van der Waals surface area (Å²) in [4.78, 5) is 31.1. The summed E-state index contributed by atoms with van der Waals surface area (Å²) in [7, 11) is 0. The van der Waals surface area contributed by atoms with E-state index in [1.54, 1.807) is 10.6 Å². The van der Waals surface area contributed by atoms with Crippen LogP contribution >= 0.6 is 11.8 Å². The Labute approximate surface area is 204 Å². The highest BCUT2D eigenvalue weighted by molar-refractivity contribution is 7.99. The number of thioether (sulfide) groups is 1. The zero-order valence-corrected chi connectivity index (χ0v) is 21.0. The molecule has 6 heteroatoms. The first-order chi connectivity index (χ1) is 16.1. The Morgan fingerprint density at radius 2 is 1.68 bits per heavy atom. The molecule has 5 nitrogen and oxygen atoms in total. The van der Waals surface area contributed by atoms with E-state index in [9.17, 15) is 9.59 Å². The molecule has 0 aliphatic carbocycles. The van der Waals surface area contributed by atoms with Crippen molar-refractivity contribution in [1.82, 2.24) is 9.55 Å². The maximum atomic E-state index is 13.4. The molecule has 1 N–H and O–H groups in total. The van der Waals surface area contributed by atoms with Crippen LogP contribution in [0.5, 0.6) is 0 Å². The van der Waals surface area contributed by atoms with Gasteiger partial charge in [0.1, 0.15) is 0 Å². The molecule has 0 bridgehead atoms. The summed E-state index contributed by atoms with van der Waals surface area (Å²) in [6.07, 6.45) is 0. The van der Waals surface area contributed by atoms with E-state index in [4.69, 9.17) is 4.98 Å². The summed E-state index contributed by atoms with van der Waals surface area (Å²) in [5.74, 6) is -0.00979. The average molecular weight is 472 g/mol. The summed E-state index contributed by atoms with van der Waals surface area (Å²) in [6, 6.07) is 21.1. The lowest BCUT2D eigenvalue weighted by atomic mass is 9.86. The first kappa shape index (κ1) is 23.8. The average Bonchev–Trinajstić information content (AvgIpc) is 2.79. The third-order valence-corrected chi connectivity index (χ3v) is 6.77. The molecule has 0 aliphatic heterocycles. The summed E-state index contributed by atoms with van der Waals surface area (Å²) in [6.45, 7) is 10.4. The first-order valence-corrected chi connectivity index (χ1v) is 12.3. The number of nitrogens with one attached hydrogen (secondary N) is 1. The lowest BCUT2D eigenvalue weighted by Crippen LogP contribution is -2.23. The number of benzene rings is 3. The molecule has 4 aromatic rings. The first-order valence-electron chi connectivity index (χ1n) is 11.3. The van der Waals surface area contributed by atoms with Crippen LogP contribution in [0.15, 0.2) is 76.7 Å². The predicted octanol–water partition coefficient (Wildman–Crippen LogP) is 6.03. The van der Waals surface area contributed by atoms with Gasteiger partial charge < -0.3 is 5.32 Å². The highest BCUT2D eigenvalue weighted by Crippen LogP contribution is 2.30. The van der Waals surface area contributed by atoms with Crippen LogP contribution < -0.4 is 10.9 Å². The van der Waals surface area contributed by atoms with Gasteiger partial charge in [0, 0.05) is 5.69 Å². The lowest BCUT2D eigenvalue weighted by molar-refractivity contribution is -0.113. The van der Waals surface area contributed by atoms with Crippen molar-refractivity contribution in [3.63, 3.8) is 0 Å². The highest BCUT2D eigenvalue weighted by atomic mass is 32.2. The van der Waals surface area contributed by atoms with E-state index in [1.165, 1.54) is 11.8 Å². The smallest absolute Gasteiger partial charge is 0.266 e. The van der Waals surface area contributed by atoms with Gasteiger partial charge in [-0.3, -0.25) is 14.2 Å². The Kier molecular flexibility index (Phi) is 6.62. The van der Waals surface area contributed by atoms with Crippen LogP contribution in [0.25, 0.3) is 16.6 Å². The third kappa shape index (κ3) is 4.92. The molecule has 0 saturated carbocycles. The van der Waals surface area contributed by atoms with Crippen LogP contribution in [-0.4, -0.2) is 21.2 Å².